The Morgan fingerprint density at radius 1 is 1.57 bits per heavy atom. The number of nitrogens with zero attached hydrogens (tertiary/aromatic N) is 3. The number of aromatic nitrogens is 2. The maximum Gasteiger partial charge on any atom is 0.246 e. The van der Waals surface area contributed by atoms with Crippen molar-refractivity contribution in [3.63, 3.8) is 0 Å². The van der Waals surface area contributed by atoms with Gasteiger partial charge in [-0.25, -0.2) is 0 Å². The Kier molecular flexibility index (Phi) is 5.03. The highest BCUT2D eigenvalue weighted by molar-refractivity contribution is 6.31. The van der Waals surface area contributed by atoms with Gasteiger partial charge in [-0.05, 0) is 19.9 Å². The monoisotopic (exact) mass is 313 g/mol. The van der Waals surface area contributed by atoms with Crippen molar-refractivity contribution in [1.82, 2.24) is 14.7 Å². The minimum absolute atomic E-state index is 0.0861. The number of rotatable bonds is 3. The van der Waals surface area contributed by atoms with Gasteiger partial charge in [0.2, 0.25) is 5.91 Å². The lowest BCUT2D eigenvalue weighted by Gasteiger charge is -2.35. The first-order valence-corrected chi connectivity index (χ1v) is 7.22. The second-order valence-electron chi connectivity index (χ2n) is 5.24. The number of halogens is 1. The fourth-order valence-corrected chi connectivity index (χ4v) is 2.66. The van der Waals surface area contributed by atoms with E-state index < -0.39 is 0 Å². The average molecular weight is 314 g/mol. The second-order valence-corrected chi connectivity index (χ2v) is 5.60. The largest absolute Gasteiger partial charge is 0.394 e. The molecular weight excluding hydrogens is 294 g/mol. The summed E-state index contributed by atoms with van der Waals surface area (Å²) in [5, 5.41) is 13.9. The number of hydrogen-bond donors (Lipinski definition) is 1. The quantitative estimate of drug-likeness (QED) is 0.846. The van der Waals surface area contributed by atoms with E-state index in [4.69, 9.17) is 16.3 Å². The zero-order valence-corrected chi connectivity index (χ0v) is 13.2. The summed E-state index contributed by atoms with van der Waals surface area (Å²) in [6, 6.07) is 0. The maximum absolute atomic E-state index is 12.2. The van der Waals surface area contributed by atoms with Gasteiger partial charge in [-0.1, -0.05) is 11.6 Å². The molecule has 1 aliphatic heterocycles. The molecule has 6 nitrogen and oxygen atoms in total. The van der Waals surface area contributed by atoms with E-state index in [1.165, 1.54) is 6.08 Å². The summed E-state index contributed by atoms with van der Waals surface area (Å²) in [4.78, 5) is 13.9. The molecule has 21 heavy (non-hydrogen) atoms. The lowest BCUT2D eigenvalue weighted by atomic mass is 10.2. The third-order valence-electron chi connectivity index (χ3n) is 3.43. The van der Waals surface area contributed by atoms with Crippen molar-refractivity contribution in [1.29, 1.82) is 0 Å². The van der Waals surface area contributed by atoms with Crippen LogP contribution in [0.15, 0.2) is 6.08 Å². The Morgan fingerprint density at radius 3 is 2.86 bits per heavy atom. The molecule has 1 amide bonds. The van der Waals surface area contributed by atoms with Crippen molar-refractivity contribution < 1.29 is 14.6 Å². The first kappa shape index (κ1) is 16.0. The summed E-state index contributed by atoms with van der Waals surface area (Å²) in [6.07, 6.45) is 2.76. The van der Waals surface area contributed by atoms with Gasteiger partial charge in [0.15, 0.2) is 0 Å². The van der Waals surface area contributed by atoms with E-state index in [1.807, 2.05) is 13.8 Å². The molecule has 2 rings (SSSR count). The van der Waals surface area contributed by atoms with E-state index in [-0.39, 0.29) is 24.7 Å². The number of carbonyl (C=O) groups excluding carboxylic acids is 1. The minimum atomic E-state index is -0.324. The lowest BCUT2D eigenvalue weighted by molar-refractivity contribution is -0.142. The van der Waals surface area contributed by atoms with Crippen molar-refractivity contribution in [2.75, 3.05) is 19.7 Å². The molecule has 1 aliphatic rings. The highest BCUT2D eigenvalue weighted by atomic mass is 35.5. The molecule has 7 heteroatoms. The van der Waals surface area contributed by atoms with Gasteiger partial charge in [-0.15, -0.1) is 0 Å². The fourth-order valence-electron chi connectivity index (χ4n) is 2.42. The van der Waals surface area contributed by atoms with Crippen molar-refractivity contribution in [3.05, 3.63) is 22.5 Å². The van der Waals surface area contributed by atoms with Crippen molar-refractivity contribution in [3.8, 4) is 0 Å². The normalized spacial score (nSPS) is 23.0. The Labute approximate surface area is 128 Å². The first-order valence-electron chi connectivity index (χ1n) is 6.84. The second kappa shape index (κ2) is 6.60. The van der Waals surface area contributed by atoms with E-state index in [9.17, 15) is 9.90 Å². The van der Waals surface area contributed by atoms with Gasteiger partial charge in [0.05, 0.1) is 24.5 Å². The van der Waals surface area contributed by atoms with Crippen LogP contribution >= 0.6 is 11.6 Å². The van der Waals surface area contributed by atoms with Gasteiger partial charge in [0.1, 0.15) is 5.15 Å². The van der Waals surface area contributed by atoms with Crippen LogP contribution in [0.3, 0.4) is 0 Å². The average Bonchev–Trinajstić information content (AvgIpc) is 2.69. The fraction of sp³-hybridized carbons (Fsp3) is 0.571. The molecular formula is C14H20ClN3O3. The topological polar surface area (TPSA) is 67.6 Å². The van der Waals surface area contributed by atoms with Crippen LogP contribution in [0.1, 0.15) is 18.2 Å². The molecule has 1 aromatic rings. The number of carbonyl (C=O) groups is 1. The number of aliphatic hydroxyl groups excluding tert-OH is 1. The van der Waals surface area contributed by atoms with Crippen LogP contribution in [0.4, 0.5) is 0 Å². The molecule has 1 aromatic heterocycles. The van der Waals surface area contributed by atoms with E-state index >= 15 is 0 Å². The summed E-state index contributed by atoms with van der Waals surface area (Å²) in [5.41, 5.74) is 1.52. The molecule has 0 aromatic carbocycles. The SMILES string of the molecule is Cc1nn(C)c(Cl)c1/C=C/C(=O)N1CC(C)OC(CO)C1. The molecule has 0 bridgehead atoms. The minimum Gasteiger partial charge on any atom is -0.394 e. The van der Waals surface area contributed by atoms with Crippen LogP contribution in [0, 0.1) is 6.92 Å². The van der Waals surface area contributed by atoms with Gasteiger partial charge in [-0.3, -0.25) is 9.48 Å². The Morgan fingerprint density at radius 2 is 2.29 bits per heavy atom. The van der Waals surface area contributed by atoms with Crippen molar-refractivity contribution in [2.45, 2.75) is 26.1 Å². The molecule has 1 N–H and O–H groups in total. The predicted molar refractivity (Wildman–Crippen MR) is 80.0 cm³/mol. The molecule has 0 radical (unpaired) electrons. The molecule has 0 aliphatic carbocycles. The highest BCUT2D eigenvalue weighted by Crippen LogP contribution is 2.20. The van der Waals surface area contributed by atoms with Gasteiger partial charge < -0.3 is 14.7 Å². The van der Waals surface area contributed by atoms with Crippen LogP contribution in [-0.4, -0.2) is 57.6 Å². The molecule has 2 unspecified atom stereocenters. The summed E-state index contributed by atoms with van der Waals surface area (Å²) in [7, 11) is 1.75. The van der Waals surface area contributed by atoms with Crippen LogP contribution in [0.25, 0.3) is 6.08 Å². The van der Waals surface area contributed by atoms with Crippen molar-refractivity contribution >= 4 is 23.6 Å². The van der Waals surface area contributed by atoms with E-state index in [0.717, 1.165) is 11.3 Å². The van der Waals surface area contributed by atoms with Crippen molar-refractivity contribution in [2.24, 2.45) is 7.05 Å². The van der Waals surface area contributed by atoms with Gasteiger partial charge in [0.25, 0.3) is 0 Å². The maximum atomic E-state index is 12.2. The lowest BCUT2D eigenvalue weighted by Crippen LogP contribution is -2.49. The van der Waals surface area contributed by atoms with E-state index in [2.05, 4.69) is 5.10 Å². The molecule has 116 valence electrons. The Bertz CT molecular complexity index is 556. The third-order valence-corrected chi connectivity index (χ3v) is 3.88. The number of morpholine rings is 1. The van der Waals surface area contributed by atoms with Crippen LogP contribution in [-0.2, 0) is 16.6 Å². The Balaban J connectivity index is 2.08. The molecule has 1 fully saturated rings. The zero-order chi connectivity index (χ0) is 15.6. The standard InChI is InChI=1S/C14H20ClN3O3/c1-9-6-18(7-11(8-19)21-9)13(20)5-4-12-10(2)16-17(3)14(12)15/h4-5,9,11,19H,6-8H2,1-3H3/b5-4+. The van der Waals surface area contributed by atoms with E-state index in [1.54, 1.807) is 22.7 Å². The molecule has 2 heterocycles. The summed E-state index contributed by atoms with van der Waals surface area (Å²) in [6.45, 7) is 4.54. The third kappa shape index (κ3) is 3.64. The Hall–Kier alpha value is -1.37. The molecule has 1 saturated heterocycles. The zero-order valence-electron chi connectivity index (χ0n) is 12.4. The molecule has 0 saturated carbocycles. The summed E-state index contributed by atoms with van der Waals surface area (Å²) < 4.78 is 7.09. The molecule has 2 atom stereocenters. The highest BCUT2D eigenvalue weighted by Gasteiger charge is 2.26. The van der Waals surface area contributed by atoms with Gasteiger partial charge in [-0.2, -0.15) is 5.10 Å². The first-order chi connectivity index (χ1) is 9.92. The smallest absolute Gasteiger partial charge is 0.246 e. The van der Waals surface area contributed by atoms with Crippen LogP contribution < -0.4 is 0 Å². The van der Waals surface area contributed by atoms with Crippen LogP contribution in [0.2, 0.25) is 5.15 Å². The summed E-state index contributed by atoms with van der Waals surface area (Å²) >= 11 is 6.12. The molecule has 0 spiro atoms. The number of aliphatic hydroxyl groups is 1. The van der Waals surface area contributed by atoms with Gasteiger partial charge >= 0.3 is 0 Å². The van der Waals surface area contributed by atoms with E-state index in [0.29, 0.717) is 18.2 Å². The van der Waals surface area contributed by atoms with Crippen LogP contribution in [0.5, 0.6) is 0 Å². The number of ether oxygens (including phenoxy) is 1. The predicted octanol–water partition coefficient (Wildman–Crippen LogP) is 1.00. The number of hydrogen-bond acceptors (Lipinski definition) is 4. The number of amides is 1. The van der Waals surface area contributed by atoms with Gasteiger partial charge in [0, 0.05) is 31.8 Å². The number of aryl methyl sites for hydroxylation is 2. The summed E-state index contributed by atoms with van der Waals surface area (Å²) in [5.74, 6) is -0.122.